The number of esters is 2. The largest absolute Gasteiger partial charge is 0.459 e. The van der Waals surface area contributed by atoms with Crippen LogP contribution in [0.2, 0.25) is 0 Å². The number of halogens is 1. The lowest BCUT2D eigenvalue weighted by Crippen LogP contribution is -2.57. The van der Waals surface area contributed by atoms with Gasteiger partial charge < -0.3 is 60.5 Å². The van der Waals surface area contributed by atoms with Crippen molar-refractivity contribution in [2.45, 2.75) is 154 Å². The lowest BCUT2D eigenvalue weighted by Gasteiger charge is -2.41. The van der Waals surface area contributed by atoms with E-state index >= 15 is 4.39 Å². The first kappa shape index (κ1) is 66.0. The Balaban J connectivity index is 0.802. The molecule has 484 valence electrons. The number of benzene rings is 2. The van der Waals surface area contributed by atoms with E-state index in [-0.39, 0.29) is 37.1 Å². The van der Waals surface area contributed by atoms with Crippen LogP contribution in [-0.2, 0) is 98.5 Å². The maximum atomic E-state index is 15.6. The third kappa shape index (κ3) is 14.3. The normalized spacial score (nSPS) is 18.3. The lowest BCUT2D eigenvalue weighted by atomic mass is 9.77. The number of aryl methyl sites for hydroxylation is 1. The Labute approximate surface area is 521 Å². The van der Waals surface area contributed by atoms with E-state index in [9.17, 15) is 62.6 Å². The van der Waals surface area contributed by atoms with Crippen molar-refractivity contribution in [2.75, 3.05) is 39.5 Å². The molecule has 0 unspecified atom stereocenters. The Morgan fingerprint density at radius 2 is 1.48 bits per heavy atom. The average Bonchev–Trinajstić information content (AvgIpc) is 1.67. The van der Waals surface area contributed by atoms with Crippen molar-refractivity contribution in [1.29, 1.82) is 0 Å². The summed E-state index contributed by atoms with van der Waals surface area (Å²) in [5.41, 5.74) is -1.80. The van der Waals surface area contributed by atoms with Gasteiger partial charge >= 0.3 is 18.0 Å². The molecular weight excluding hydrogens is 1190 g/mol. The maximum Gasteiger partial charge on any atom is 0.410 e. The Kier molecular flexibility index (Phi) is 19.0. The molecule has 1 fully saturated rings. The van der Waals surface area contributed by atoms with Crippen LogP contribution in [-0.4, -0.2) is 158 Å². The topological polar surface area (TPSA) is 358 Å². The van der Waals surface area contributed by atoms with Crippen molar-refractivity contribution >= 4 is 76.2 Å². The number of aliphatic hydroxyl groups is 1. The summed E-state index contributed by atoms with van der Waals surface area (Å²) in [5.74, 6) is -8.96. The summed E-state index contributed by atoms with van der Waals surface area (Å²) in [4.78, 5) is 167. The van der Waals surface area contributed by atoms with Crippen LogP contribution in [0.5, 0.6) is 0 Å². The van der Waals surface area contributed by atoms with Gasteiger partial charge in [0.05, 0.1) is 61.2 Å². The van der Waals surface area contributed by atoms with Gasteiger partial charge in [-0.25, -0.2) is 19.0 Å². The zero-order valence-corrected chi connectivity index (χ0v) is 51.7. The minimum Gasteiger partial charge on any atom is -0.459 e. The van der Waals surface area contributed by atoms with Crippen molar-refractivity contribution in [3.8, 4) is 11.4 Å². The predicted molar refractivity (Wildman–Crippen MR) is 319 cm³/mol. The number of hydrogen-bond acceptors (Lipinski definition) is 18. The molecule has 7 N–H and O–H groups in total. The Bertz CT molecular complexity index is 3760. The van der Waals surface area contributed by atoms with E-state index < -0.39 is 157 Å². The van der Waals surface area contributed by atoms with Crippen LogP contribution in [0, 0.1) is 12.7 Å². The van der Waals surface area contributed by atoms with Crippen molar-refractivity contribution < 1.29 is 81.2 Å². The molecule has 5 aliphatic rings. The van der Waals surface area contributed by atoms with E-state index in [0.717, 1.165) is 17.1 Å². The highest BCUT2D eigenvalue weighted by molar-refractivity contribution is 6.15. The Hall–Kier alpha value is -9.44. The van der Waals surface area contributed by atoms with Gasteiger partial charge in [0.2, 0.25) is 29.5 Å². The van der Waals surface area contributed by atoms with Crippen molar-refractivity contribution in [3.05, 3.63) is 110 Å². The van der Waals surface area contributed by atoms with E-state index in [1.165, 1.54) is 10.6 Å². The monoisotopic (exact) mass is 1260 g/mol. The van der Waals surface area contributed by atoms with Gasteiger partial charge in [0.1, 0.15) is 54.6 Å². The van der Waals surface area contributed by atoms with Gasteiger partial charge in [0.15, 0.2) is 5.60 Å². The van der Waals surface area contributed by atoms with Crippen molar-refractivity contribution in [3.63, 3.8) is 0 Å². The number of ether oxygens (including phenoxy) is 4. The van der Waals surface area contributed by atoms with Crippen LogP contribution in [0.1, 0.15) is 126 Å². The zero-order valence-electron chi connectivity index (χ0n) is 51.7. The lowest BCUT2D eigenvalue weighted by molar-refractivity contribution is -0.172. The summed E-state index contributed by atoms with van der Waals surface area (Å²) in [6.45, 7) is 8.33. The summed E-state index contributed by atoms with van der Waals surface area (Å²) < 4.78 is 39.2. The highest BCUT2D eigenvalue weighted by Gasteiger charge is 2.49. The highest BCUT2D eigenvalue weighted by Crippen LogP contribution is 2.47. The molecule has 5 heterocycles. The first-order valence-corrected chi connectivity index (χ1v) is 29.8. The molecule has 0 spiro atoms. The molecule has 2 aromatic carbocycles. The standard InChI is InChI=1S/C63H73FN10O17/c1-9-63(87)38-23-43-53-36(28-73(43)56(83)37(38)31-88-58(63)85)52-40(17-16-35-33(2)39(64)24-41(70-53)51(35)52)71-57(84)62(20-13-21-62)89-32-68-46(76)26-66-54(81)42(22-34-14-11-10-12-15-34)69-47(77)27-65-45(75)25-67-55(82)44(74-48(78)18-19-49(74)79)29-72(59(86)91-61(6,7)8)30-50(80)90-60(3,4)5/h10-12,14-15,18-19,23-24,40,42,44,87H,9,13,16-17,20-22,25-32H2,1-8H3,(H,65,75)(H,66,81)(H,67,82)(H,68,76)(H,69,77)(H,71,84)/t40-,42+,44+,63+/m1/s1. The second-order valence-corrected chi connectivity index (χ2v) is 25.0. The second-order valence-electron chi connectivity index (χ2n) is 25.0. The molecule has 0 radical (unpaired) electrons. The number of imide groups is 1. The van der Waals surface area contributed by atoms with Crippen LogP contribution < -0.4 is 37.5 Å². The summed E-state index contributed by atoms with van der Waals surface area (Å²) in [6.07, 6.45) is 2.52. The van der Waals surface area contributed by atoms with Crippen LogP contribution >= 0.6 is 0 Å². The number of nitrogens with one attached hydrogen (secondary N) is 6. The fraction of sp³-hybridized carbons (Fsp3) is 0.476. The minimum atomic E-state index is -2.08. The average molecular weight is 1260 g/mol. The summed E-state index contributed by atoms with van der Waals surface area (Å²) in [5, 5.41) is 27.5. The van der Waals surface area contributed by atoms with Gasteiger partial charge in [-0.05, 0) is 115 Å². The summed E-state index contributed by atoms with van der Waals surface area (Å²) in [6, 6.07) is 7.69. The summed E-state index contributed by atoms with van der Waals surface area (Å²) in [7, 11) is 0. The van der Waals surface area contributed by atoms with Crippen molar-refractivity contribution in [1.82, 2.24) is 51.3 Å². The molecular formula is C63H73FN10O17. The highest BCUT2D eigenvalue weighted by atomic mass is 19.1. The number of carbonyl (C=O) groups excluding carboxylic acids is 11. The number of rotatable bonds is 22. The molecule has 27 nitrogen and oxygen atoms in total. The number of cyclic esters (lactones) is 1. The van der Waals surface area contributed by atoms with Crippen molar-refractivity contribution in [2.24, 2.45) is 0 Å². The number of carbonyl (C=O) groups is 11. The molecule has 9 rings (SSSR count). The Morgan fingerprint density at radius 3 is 2.12 bits per heavy atom. The molecule has 91 heavy (non-hydrogen) atoms. The molecule has 28 heteroatoms. The fourth-order valence-corrected chi connectivity index (χ4v) is 11.6. The zero-order chi connectivity index (χ0) is 66.1. The van der Waals surface area contributed by atoms with Crippen LogP contribution in [0.3, 0.4) is 0 Å². The molecule has 9 amide bonds. The van der Waals surface area contributed by atoms with Gasteiger partial charge in [0, 0.05) is 41.2 Å². The number of fused-ring (bicyclic) bond motifs is 5. The molecule has 3 aliphatic heterocycles. The van der Waals surface area contributed by atoms with Gasteiger partial charge in [-0.1, -0.05) is 37.3 Å². The quantitative estimate of drug-likeness (QED) is 0.0224. The molecule has 1 saturated carbocycles. The Morgan fingerprint density at radius 1 is 0.835 bits per heavy atom. The number of amides is 9. The second kappa shape index (κ2) is 26.2. The van der Waals surface area contributed by atoms with E-state index in [0.29, 0.717) is 87.1 Å². The minimum absolute atomic E-state index is 0.0292. The van der Waals surface area contributed by atoms with Gasteiger partial charge in [-0.2, -0.15) is 0 Å². The predicted octanol–water partition coefficient (Wildman–Crippen LogP) is 1.59. The van der Waals surface area contributed by atoms with Gasteiger partial charge in [-0.15, -0.1) is 0 Å². The third-order valence-corrected chi connectivity index (χ3v) is 16.3. The molecule has 4 atom stereocenters. The molecule has 2 aromatic heterocycles. The molecule has 4 aromatic rings. The van der Waals surface area contributed by atoms with Crippen LogP contribution in [0.4, 0.5) is 9.18 Å². The smallest absolute Gasteiger partial charge is 0.410 e. The van der Waals surface area contributed by atoms with E-state index in [2.05, 4.69) is 31.9 Å². The molecule has 0 saturated heterocycles. The number of nitrogens with zero attached hydrogens (tertiary/aromatic N) is 4. The van der Waals surface area contributed by atoms with Gasteiger partial charge in [0.25, 0.3) is 23.3 Å². The number of aromatic nitrogens is 2. The first-order chi connectivity index (χ1) is 42.9. The van der Waals surface area contributed by atoms with E-state index in [4.69, 9.17) is 23.9 Å². The van der Waals surface area contributed by atoms with E-state index in [1.807, 2.05) is 0 Å². The van der Waals surface area contributed by atoms with Gasteiger partial charge in [-0.3, -0.25) is 57.7 Å². The third-order valence-electron chi connectivity index (χ3n) is 16.3. The molecule has 0 bridgehead atoms. The summed E-state index contributed by atoms with van der Waals surface area (Å²) >= 11 is 0. The van der Waals surface area contributed by atoms with E-state index in [1.54, 1.807) is 91.8 Å². The van der Waals surface area contributed by atoms with Crippen LogP contribution in [0.15, 0.2) is 59.4 Å². The number of pyridine rings is 2. The maximum absolute atomic E-state index is 15.6. The van der Waals surface area contributed by atoms with Crippen LogP contribution in [0.25, 0.3) is 22.3 Å². The fourth-order valence-electron chi connectivity index (χ4n) is 11.6. The number of hydrogen-bond donors (Lipinski definition) is 7. The SMILES string of the molecule is CC[C@@]1(O)C(=O)OCc2c1cc1n(c2=O)Cc2c-1nc1cc(F)c(C)c3c1c2[C@H](NC(=O)C1(OCNC(=O)CNC(=O)[C@H](Cc2ccccc2)NC(=O)CNC(=O)CNC(=O)[C@H](CN(CC(=O)OC(C)(C)C)C(=O)OC(C)(C)C)N2C(=O)C=CC2=O)CCC1)CC3. The first-order valence-electron chi connectivity index (χ1n) is 29.8. The molecule has 2 aliphatic carbocycles.